The van der Waals surface area contributed by atoms with Crippen molar-refractivity contribution in [1.29, 1.82) is 0 Å². The molecule has 0 spiro atoms. The van der Waals surface area contributed by atoms with Gasteiger partial charge in [0.05, 0.1) is 4.88 Å². The number of anilines is 2. The Balaban J connectivity index is 1.97. The van der Waals surface area contributed by atoms with Crippen LogP contribution in [0.4, 0.5) is 11.5 Å². The number of aromatic nitrogens is 2. The second kappa shape index (κ2) is 5.80. The second-order valence-electron chi connectivity index (χ2n) is 6.04. The molecular weight excluding hydrogens is 314 g/mol. The van der Waals surface area contributed by atoms with Gasteiger partial charge in [0.1, 0.15) is 17.2 Å². The lowest BCUT2D eigenvalue weighted by Crippen LogP contribution is -2.02. The van der Waals surface area contributed by atoms with Gasteiger partial charge >= 0.3 is 0 Å². The van der Waals surface area contributed by atoms with Crippen molar-refractivity contribution in [2.75, 3.05) is 5.32 Å². The maximum atomic E-state index is 4.88. The first-order chi connectivity index (χ1) is 11.6. The van der Waals surface area contributed by atoms with Crippen LogP contribution in [-0.2, 0) is 0 Å². The topological polar surface area (TPSA) is 29.3 Å². The minimum Gasteiger partial charge on any atom is -0.339 e. The molecule has 4 rings (SSSR count). The van der Waals surface area contributed by atoms with E-state index in [9.17, 15) is 0 Å². The van der Waals surface area contributed by atoms with Crippen LogP contribution < -0.4 is 5.32 Å². The van der Waals surface area contributed by atoms with Crippen LogP contribution in [-0.4, -0.2) is 9.38 Å². The Bertz CT molecular complexity index is 993. The SMILES string of the molecule is Cc1cccc(C)c1Nc1c(-c2cccs2)nc2cccc(C)n12. The Morgan fingerprint density at radius 3 is 2.38 bits per heavy atom. The quantitative estimate of drug-likeness (QED) is 0.518. The van der Waals surface area contributed by atoms with E-state index in [1.165, 1.54) is 16.0 Å². The first kappa shape index (κ1) is 15.0. The van der Waals surface area contributed by atoms with Crippen LogP contribution in [0.5, 0.6) is 0 Å². The van der Waals surface area contributed by atoms with Gasteiger partial charge in [-0.25, -0.2) is 4.98 Å². The number of para-hydroxylation sites is 1. The maximum Gasteiger partial charge on any atom is 0.144 e. The molecule has 0 saturated heterocycles. The van der Waals surface area contributed by atoms with E-state index in [4.69, 9.17) is 4.98 Å². The van der Waals surface area contributed by atoms with Gasteiger partial charge in [0, 0.05) is 11.4 Å². The number of rotatable bonds is 3. The number of pyridine rings is 1. The minimum absolute atomic E-state index is 0.965. The van der Waals surface area contributed by atoms with Crippen LogP contribution in [0.2, 0.25) is 0 Å². The average Bonchev–Trinajstić information content (AvgIpc) is 3.19. The van der Waals surface area contributed by atoms with E-state index in [1.807, 2.05) is 0 Å². The van der Waals surface area contributed by atoms with Gasteiger partial charge in [-0.15, -0.1) is 11.3 Å². The zero-order valence-electron chi connectivity index (χ0n) is 14.0. The molecule has 0 aliphatic rings. The smallest absolute Gasteiger partial charge is 0.144 e. The van der Waals surface area contributed by atoms with E-state index in [-0.39, 0.29) is 0 Å². The molecule has 0 aliphatic heterocycles. The highest BCUT2D eigenvalue weighted by Crippen LogP contribution is 2.35. The normalized spacial score (nSPS) is 11.1. The summed E-state index contributed by atoms with van der Waals surface area (Å²) in [6.07, 6.45) is 0. The van der Waals surface area contributed by atoms with Gasteiger partial charge in [-0.3, -0.25) is 4.40 Å². The molecule has 4 heteroatoms. The second-order valence-corrected chi connectivity index (χ2v) is 6.99. The molecule has 4 aromatic rings. The molecular formula is C20H19N3S. The Labute approximate surface area is 145 Å². The summed E-state index contributed by atoms with van der Waals surface area (Å²) in [6.45, 7) is 6.38. The summed E-state index contributed by atoms with van der Waals surface area (Å²) < 4.78 is 2.20. The summed E-state index contributed by atoms with van der Waals surface area (Å²) in [4.78, 5) is 6.06. The van der Waals surface area contributed by atoms with E-state index in [0.29, 0.717) is 0 Å². The minimum atomic E-state index is 0.965. The third-order valence-electron chi connectivity index (χ3n) is 4.32. The van der Waals surface area contributed by atoms with Gasteiger partial charge in [-0.2, -0.15) is 0 Å². The van der Waals surface area contributed by atoms with Crippen molar-refractivity contribution in [3.63, 3.8) is 0 Å². The van der Waals surface area contributed by atoms with Crippen LogP contribution in [0.15, 0.2) is 53.9 Å². The van der Waals surface area contributed by atoms with Crippen LogP contribution in [0.1, 0.15) is 16.8 Å². The molecule has 0 aliphatic carbocycles. The third-order valence-corrected chi connectivity index (χ3v) is 5.19. The number of imidazole rings is 1. The van der Waals surface area contributed by atoms with Gasteiger partial charge in [0.2, 0.25) is 0 Å². The van der Waals surface area contributed by atoms with Crippen LogP contribution in [0, 0.1) is 20.8 Å². The summed E-state index contributed by atoms with van der Waals surface area (Å²) in [6, 6.07) is 16.8. The number of benzene rings is 1. The van der Waals surface area contributed by atoms with E-state index in [2.05, 4.69) is 84.4 Å². The van der Waals surface area contributed by atoms with Gasteiger partial charge < -0.3 is 5.32 Å². The fourth-order valence-electron chi connectivity index (χ4n) is 3.08. The zero-order valence-corrected chi connectivity index (χ0v) is 14.8. The highest BCUT2D eigenvalue weighted by Gasteiger charge is 2.17. The molecule has 0 saturated carbocycles. The summed E-state index contributed by atoms with van der Waals surface area (Å²) >= 11 is 1.71. The predicted molar refractivity (Wildman–Crippen MR) is 102 cm³/mol. The van der Waals surface area contributed by atoms with Gasteiger partial charge in [0.15, 0.2) is 0 Å². The van der Waals surface area contributed by atoms with Crippen molar-refractivity contribution in [2.45, 2.75) is 20.8 Å². The van der Waals surface area contributed by atoms with Crippen molar-refractivity contribution >= 4 is 28.5 Å². The molecule has 120 valence electrons. The molecule has 24 heavy (non-hydrogen) atoms. The number of hydrogen-bond donors (Lipinski definition) is 1. The molecule has 0 fully saturated rings. The van der Waals surface area contributed by atoms with Crippen molar-refractivity contribution < 1.29 is 0 Å². The van der Waals surface area contributed by atoms with Gasteiger partial charge in [-0.05, 0) is 55.5 Å². The Hall–Kier alpha value is -2.59. The Kier molecular flexibility index (Phi) is 3.62. The molecule has 0 radical (unpaired) electrons. The maximum absolute atomic E-state index is 4.88. The van der Waals surface area contributed by atoms with Gasteiger partial charge in [-0.1, -0.05) is 30.3 Å². The number of fused-ring (bicyclic) bond motifs is 1. The number of nitrogens with zero attached hydrogens (tertiary/aromatic N) is 2. The predicted octanol–water partition coefficient (Wildman–Crippen LogP) is 5.73. The van der Waals surface area contributed by atoms with E-state index in [0.717, 1.165) is 28.5 Å². The number of hydrogen-bond acceptors (Lipinski definition) is 3. The molecule has 3 aromatic heterocycles. The number of aryl methyl sites for hydroxylation is 3. The highest BCUT2D eigenvalue weighted by atomic mass is 32.1. The largest absolute Gasteiger partial charge is 0.339 e. The third kappa shape index (κ3) is 2.39. The summed E-state index contributed by atoms with van der Waals surface area (Å²) in [7, 11) is 0. The number of thiophene rings is 1. The lowest BCUT2D eigenvalue weighted by atomic mass is 10.1. The molecule has 0 unspecified atom stereocenters. The first-order valence-corrected chi connectivity index (χ1v) is 8.88. The molecule has 3 nitrogen and oxygen atoms in total. The molecule has 1 aromatic carbocycles. The van der Waals surface area contributed by atoms with Gasteiger partial charge in [0.25, 0.3) is 0 Å². The Morgan fingerprint density at radius 1 is 0.917 bits per heavy atom. The fraction of sp³-hybridized carbons (Fsp3) is 0.150. The van der Waals surface area contributed by atoms with Crippen molar-refractivity contribution in [2.24, 2.45) is 0 Å². The molecule has 0 bridgehead atoms. The lowest BCUT2D eigenvalue weighted by Gasteiger charge is -2.14. The zero-order chi connectivity index (χ0) is 16.7. The average molecular weight is 333 g/mol. The monoisotopic (exact) mass is 333 g/mol. The van der Waals surface area contributed by atoms with E-state index < -0.39 is 0 Å². The fourth-order valence-corrected chi connectivity index (χ4v) is 3.80. The van der Waals surface area contributed by atoms with Crippen molar-refractivity contribution in [3.8, 4) is 10.6 Å². The van der Waals surface area contributed by atoms with Crippen LogP contribution in [0.3, 0.4) is 0 Å². The van der Waals surface area contributed by atoms with E-state index >= 15 is 0 Å². The summed E-state index contributed by atoms with van der Waals surface area (Å²) in [5.74, 6) is 1.03. The standard InChI is InChI=1S/C20H19N3S/c1-13-7-4-8-14(2)18(13)22-20-19(16-10-6-12-24-16)21-17-11-5-9-15(3)23(17)20/h4-12,22H,1-3H3. The molecule has 0 amide bonds. The van der Waals surface area contributed by atoms with Crippen LogP contribution in [0.25, 0.3) is 16.2 Å². The van der Waals surface area contributed by atoms with E-state index in [1.54, 1.807) is 11.3 Å². The highest BCUT2D eigenvalue weighted by molar-refractivity contribution is 7.13. The molecule has 0 atom stereocenters. The van der Waals surface area contributed by atoms with Crippen LogP contribution >= 0.6 is 11.3 Å². The van der Waals surface area contributed by atoms with Crippen molar-refractivity contribution in [1.82, 2.24) is 9.38 Å². The molecule has 3 heterocycles. The summed E-state index contributed by atoms with van der Waals surface area (Å²) in [5, 5.41) is 5.76. The molecule has 1 N–H and O–H groups in total. The van der Waals surface area contributed by atoms with Crippen molar-refractivity contribution in [3.05, 3.63) is 70.7 Å². The first-order valence-electron chi connectivity index (χ1n) is 8.00. The Morgan fingerprint density at radius 2 is 1.67 bits per heavy atom. The number of nitrogens with one attached hydrogen (secondary N) is 1. The summed E-state index contributed by atoms with van der Waals surface area (Å²) in [5.41, 5.74) is 6.75. The lowest BCUT2D eigenvalue weighted by molar-refractivity contribution is 1.09.